The number of carbonyl (C=O) groups is 2. The second kappa shape index (κ2) is 9.20. The molecule has 8 heteroatoms. The predicted octanol–water partition coefficient (Wildman–Crippen LogP) is 0.850. The lowest BCUT2D eigenvalue weighted by atomic mass is 9.95. The molecule has 2 unspecified atom stereocenters. The highest BCUT2D eigenvalue weighted by Crippen LogP contribution is 2.37. The molecule has 2 aromatic carbocycles. The minimum Gasteiger partial charge on any atom is -0.507 e. The average Bonchev–Trinajstić information content (AvgIpc) is 2.69. The van der Waals surface area contributed by atoms with Crippen LogP contribution in [-0.4, -0.2) is 48.5 Å². The number of rotatable bonds is 7. The first kappa shape index (κ1) is 21.2. The Kier molecular flexibility index (Phi) is 6.97. The van der Waals surface area contributed by atoms with Gasteiger partial charge in [0.25, 0.3) is 0 Å². The summed E-state index contributed by atoms with van der Waals surface area (Å²) in [5, 5.41) is 20.5. The van der Waals surface area contributed by atoms with Crippen LogP contribution in [0.5, 0.6) is 11.5 Å². The van der Waals surface area contributed by atoms with Crippen LogP contribution in [0.2, 0.25) is 0 Å². The second-order valence-corrected chi connectivity index (χ2v) is 6.37. The number of ether oxygens (including phenoxy) is 2. The van der Waals surface area contributed by atoms with Crippen LogP contribution in [0.1, 0.15) is 11.1 Å². The molecule has 6 N–H and O–H groups in total. The molecule has 150 valence electrons. The van der Waals surface area contributed by atoms with Crippen LogP contribution in [0, 0.1) is 0 Å². The molecule has 8 nitrogen and oxygen atoms in total. The SMILES string of the molecule is COC(=O)C(N)Cc1ccc(O)c(-c2cc(CC(N)C(=O)OC)ccc2O)c1. The number of benzene rings is 2. The maximum atomic E-state index is 11.5. The highest BCUT2D eigenvalue weighted by atomic mass is 16.5. The summed E-state index contributed by atoms with van der Waals surface area (Å²) >= 11 is 0. The Morgan fingerprint density at radius 3 is 1.50 bits per heavy atom. The van der Waals surface area contributed by atoms with Gasteiger partial charge in [-0.1, -0.05) is 12.1 Å². The monoisotopic (exact) mass is 388 g/mol. The summed E-state index contributed by atoms with van der Waals surface area (Å²) in [6.45, 7) is 0. The van der Waals surface area contributed by atoms with E-state index in [0.717, 1.165) is 0 Å². The van der Waals surface area contributed by atoms with Crippen molar-refractivity contribution in [1.82, 2.24) is 0 Å². The Labute approximate surface area is 162 Å². The van der Waals surface area contributed by atoms with Gasteiger partial charge in [0.1, 0.15) is 23.6 Å². The average molecular weight is 388 g/mol. The lowest BCUT2D eigenvalue weighted by Crippen LogP contribution is -2.33. The van der Waals surface area contributed by atoms with Crippen molar-refractivity contribution in [3.05, 3.63) is 47.5 Å². The van der Waals surface area contributed by atoms with Crippen molar-refractivity contribution in [2.45, 2.75) is 24.9 Å². The fourth-order valence-corrected chi connectivity index (χ4v) is 2.83. The van der Waals surface area contributed by atoms with Gasteiger partial charge < -0.3 is 31.2 Å². The van der Waals surface area contributed by atoms with Gasteiger partial charge in [0.2, 0.25) is 0 Å². The van der Waals surface area contributed by atoms with Crippen molar-refractivity contribution >= 4 is 11.9 Å². The van der Waals surface area contributed by atoms with E-state index in [2.05, 4.69) is 9.47 Å². The van der Waals surface area contributed by atoms with Crippen LogP contribution in [-0.2, 0) is 31.9 Å². The molecule has 0 bridgehead atoms. The van der Waals surface area contributed by atoms with E-state index >= 15 is 0 Å². The summed E-state index contributed by atoms with van der Waals surface area (Å²) in [7, 11) is 2.51. The zero-order valence-electron chi connectivity index (χ0n) is 15.7. The van der Waals surface area contributed by atoms with Gasteiger partial charge >= 0.3 is 11.9 Å². The molecule has 0 aliphatic rings. The highest BCUT2D eigenvalue weighted by Gasteiger charge is 2.18. The number of aromatic hydroxyl groups is 2. The number of phenolic OH excluding ortho intramolecular Hbond substituents is 2. The first-order chi connectivity index (χ1) is 13.3. The largest absolute Gasteiger partial charge is 0.507 e. The number of phenols is 2. The summed E-state index contributed by atoms with van der Waals surface area (Å²) in [6, 6.07) is 7.77. The molecule has 0 saturated heterocycles. The Hall–Kier alpha value is -3.10. The zero-order chi connectivity index (χ0) is 20.8. The van der Waals surface area contributed by atoms with Gasteiger partial charge in [-0.15, -0.1) is 0 Å². The summed E-state index contributed by atoms with van der Waals surface area (Å²) in [5.74, 6) is -1.20. The number of esters is 2. The minimum atomic E-state index is -0.847. The maximum Gasteiger partial charge on any atom is 0.322 e. The summed E-state index contributed by atoms with van der Waals surface area (Å²) in [5.41, 5.74) is 13.7. The molecule has 2 rings (SSSR count). The molecule has 0 amide bonds. The molecule has 0 fully saturated rings. The van der Waals surface area contributed by atoms with Crippen molar-refractivity contribution in [3.63, 3.8) is 0 Å². The first-order valence-corrected chi connectivity index (χ1v) is 8.57. The molecule has 2 atom stereocenters. The van der Waals surface area contributed by atoms with Crippen molar-refractivity contribution in [2.75, 3.05) is 14.2 Å². The number of hydrogen-bond donors (Lipinski definition) is 4. The molecule has 28 heavy (non-hydrogen) atoms. The van der Waals surface area contributed by atoms with E-state index in [-0.39, 0.29) is 24.3 Å². The molecule has 0 aromatic heterocycles. The Morgan fingerprint density at radius 2 is 1.18 bits per heavy atom. The number of methoxy groups -OCH3 is 2. The molecule has 0 spiro atoms. The number of nitrogens with two attached hydrogens (primary N) is 2. The zero-order valence-corrected chi connectivity index (χ0v) is 15.7. The van der Waals surface area contributed by atoms with E-state index < -0.39 is 24.0 Å². The van der Waals surface area contributed by atoms with E-state index in [1.54, 1.807) is 24.3 Å². The Morgan fingerprint density at radius 1 is 0.821 bits per heavy atom. The van der Waals surface area contributed by atoms with Gasteiger partial charge in [0, 0.05) is 11.1 Å². The lowest BCUT2D eigenvalue weighted by molar-refractivity contribution is -0.142. The van der Waals surface area contributed by atoms with Crippen molar-refractivity contribution in [3.8, 4) is 22.6 Å². The van der Waals surface area contributed by atoms with Crippen molar-refractivity contribution in [2.24, 2.45) is 11.5 Å². The molecule has 0 aliphatic carbocycles. The molecule has 0 aliphatic heterocycles. The summed E-state index contributed by atoms with van der Waals surface area (Å²) in [6.07, 6.45) is 0.404. The quantitative estimate of drug-likeness (QED) is 0.511. The lowest BCUT2D eigenvalue weighted by Gasteiger charge is -2.14. The third-order valence-electron chi connectivity index (χ3n) is 4.33. The normalized spacial score (nSPS) is 12.9. The summed E-state index contributed by atoms with van der Waals surface area (Å²) in [4.78, 5) is 23.1. The third-order valence-corrected chi connectivity index (χ3v) is 4.33. The van der Waals surface area contributed by atoms with E-state index in [0.29, 0.717) is 22.3 Å². The summed E-state index contributed by atoms with van der Waals surface area (Å²) < 4.78 is 9.24. The van der Waals surface area contributed by atoms with Crippen LogP contribution < -0.4 is 11.5 Å². The van der Waals surface area contributed by atoms with Gasteiger partial charge in [-0.05, 0) is 48.2 Å². The fraction of sp³-hybridized carbons (Fsp3) is 0.300. The van der Waals surface area contributed by atoms with Gasteiger partial charge in [-0.3, -0.25) is 9.59 Å². The van der Waals surface area contributed by atoms with Crippen LogP contribution in [0.3, 0.4) is 0 Å². The smallest absolute Gasteiger partial charge is 0.322 e. The van der Waals surface area contributed by atoms with Crippen molar-refractivity contribution < 1.29 is 29.3 Å². The molecule has 0 radical (unpaired) electrons. The first-order valence-electron chi connectivity index (χ1n) is 8.57. The number of carbonyl (C=O) groups excluding carboxylic acids is 2. The molecular formula is C20H24N2O6. The second-order valence-electron chi connectivity index (χ2n) is 6.37. The van der Waals surface area contributed by atoms with Crippen LogP contribution in [0.4, 0.5) is 0 Å². The Balaban J connectivity index is 2.35. The third kappa shape index (κ3) is 4.99. The number of hydrogen-bond acceptors (Lipinski definition) is 8. The van der Waals surface area contributed by atoms with Gasteiger partial charge in [0.15, 0.2) is 0 Å². The van der Waals surface area contributed by atoms with Crippen molar-refractivity contribution in [1.29, 1.82) is 0 Å². The minimum absolute atomic E-state index is 0.0555. The van der Waals surface area contributed by atoms with E-state index in [1.807, 2.05) is 0 Å². The molecule has 2 aromatic rings. The van der Waals surface area contributed by atoms with E-state index in [9.17, 15) is 19.8 Å². The van der Waals surface area contributed by atoms with Gasteiger partial charge in [-0.25, -0.2) is 0 Å². The van der Waals surface area contributed by atoms with Crippen LogP contribution >= 0.6 is 0 Å². The van der Waals surface area contributed by atoms with Crippen LogP contribution in [0.15, 0.2) is 36.4 Å². The van der Waals surface area contributed by atoms with E-state index in [4.69, 9.17) is 11.5 Å². The highest BCUT2D eigenvalue weighted by molar-refractivity contribution is 5.79. The van der Waals surface area contributed by atoms with Crippen LogP contribution in [0.25, 0.3) is 11.1 Å². The van der Waals surface area contributed by atoms with Gasteiger partial charge in [-0.2, -0.15) is 0 Å². The predicted molar refractivity (Wildman–Crippen MR) is 103 cm³/mol. The maximum absolute atomic E-state index is 11.5. The molecule has 0 saturated carbocycles. The van der Waals surface area contributed by atoms with Gasteiger partial charge in [0.05, 0.1) is 14.2 Å². The fourth-order valence-electron chi connectivity index (χ4n) is 2.83. The molecular weight excluding hydrogens is 364 g/mol. The topological polar surface area (TPSA) is 145 Å². The Bertz CT molecular complexity index is 796. The molecule has 0 heterocycles. The van der Waals surface area contributed by atoms with E-state index in [1.165, 1.54) is 26.4 Å². The standard InChI is InChI=1S/C20H24N2O6/c1-27-19(25)15(21)9-11-3-5-17(23)13(7-11)14-8-12(4-6-18(14)24)10-16(22)20(26)28-2/h3-8,15-16,23-24H,9-10,21-22H2,1-2H3.